The van der Waals surface area contributed by atoms with Gasteiger partial charge in [0.2, 0.25) is 5.91 Å². The lowest BCUT2D eigenvalue weighted by atomic mass is 10.1. The van der Waals surface area contributed by atoms with E-state index < -0.39 is 6.04 Å². The lowest BCUT2D eigenvalue weighted by Crippen LogP contribution is -2.43. The number of rotatable bonds is 3. The van der Waals surface area contributed by atoms with Gasteiger partial charge in [-0.3, -0.25) is 9.59 Å². The maximum Gasteiger partial charge on any atom is 0.254 e. The number of nitrogens with one attached hydrogen (secondary N) is 1. The van der Waals surface area contributed by atoms with Gasteiger partial charge in [0.05, 0.1) is 10.7 Å². The number of anilines is 1. The van der Waals surface area contributed by atoms with Gasteiger partial charge < -0.3 is 10.2 Å². The minimum atomic E-state index is -0.558. The molecule has 0 spiro atoms. The Balaban J connectivity index is 1.78. The molecule has 2 aromatic rings. The van der Waals surface area contributed by atoms with Gasteiger partial charge in [-0.1, -0.05) is 40.9 Å². The molecule has 136 valence electrons. The molecule has 0 aliphatic carbocycles. The van der Waals surface area contributed by atoms with Crippen molar-refractivity contribution in [2.45, 2.75) is 25.8 Å². The van der Waals surface area contributed by atoms with Gasteiger partial charge in [-0.25, -0.2) is 0 Å². The van der Waals surface area contributed by atoms with Crippen molar-refractivity contribution in [3.8, 4) is 0 Å². The minimum Gasteiger partial charge on any atom is -0.327 e. The zero-order valence-electron chi connectivity index (χ0n) is 14.1. The standard InChI is InChI=1S/C19H17Cl3N2O2/c1-11-4-5-16(15(22)7-11)23-18(25)17-3-2-6-24(17)19(26)12-8-13(20)10-14(21)9-12/h4-5,7-10,17H,2-3,6H2,1H3,(H,23,25). The topological polar surface area (TPSA) is 49.4 Å². The number of carbonyl (C=O) groups excluding carboxylic acids is 2. The van der Waals surface area contributed by atoms with Crippen LogP contribution in [-0.2, 0) is 4.79 Å². The van der Waals surface area contributed by atoms with Gasteiger partial charge in [0.25, 0.3) is 5.91 Å². The third-order valence-corrected chi connectivity index (χ3v) is 5.06. The zero-order valence-corrected chi connectivity index (χ0v) is 16.3. The Bertz CT molecular complexity index is 850. The van der Waals surface area contributed by atoms with E-state index in [0.29, 0.717) is 39.3 Å². The molecule has 26 heavy (non-hydrogen) atoms. The Morgan fingerprint density at radius 3 is 2.42 bits per heavy atom. The van der Waals surface area contributed by atoms with Crippen LogP contribution in [0, 0.1) is 6.92 Å². The number of carbonyl (C=O) groups is 2. The number of aryl methyl sites for hydroxylation is 1. The molecule has 1 atom stereocenters. The number of halogens is 3. The predicted octanol–water partition coefficient (Wildman–Crippen LogP) is 5.20. The molecule has 3 rings (SSSR count). The molecule has 7 heteroatoms. The third kappa shape index (κ3) is 4.14. The predicted molar refractivity (Wildman–Crippen MR) is 105 cm³/mol. The number of amides is 2. The Kier molecular flexibility index (Phi) is 5.76. The van der Waals surface area contributed by atoms with Crippen molar-refractivity contribution in [3.05, 3.63) is 62.6 Å². The van der Waals surface area contributed by atoms with Crippen LogP contribution >= 0.6 is 34.8 Å². The van der Waals surface area contributed by atoms with Crippen LogP contribution in [0.5, 0.6) is 0 Å². The maximum atomic E-state index is 12.8. The zero-order chi connectivity index (χ0) is 18.8. The van der Waals surface area contributed by atoms with Crippen molar-refractivity contribution in [1.29, 1.82) is 0 Å². The first kappa shape index (κ1) is 19.0. The molecular weight excluding hydrogens is 395 g/mol. The Labute approximate surface area is 167 Å². The second-order valence-corrected chi connectivity index (χ2v) is 7.57. The molecule has 1 fully saturated rings. The summed E-state index contributed by atoms with van der Waals surface area (Å²) in [6.07, 6.45) is 1.34. The Morgan fingerprint density at radius 1 is 1.08 bits per heavy atom. The van der Waals surface area contributed by atoms with E-state index in [-0.39, 0.29) is 11.8 Å². The lowest BCUT2D eigenvalue weighted by molar-refractivity contribution is -0.119. The van der Waals surface area contributed by atoms with Gasteiger partial charge in [0, 0.05) is 22.2 Å². The van der Waals surface area contributed by atoms with E-state index in [1.165, 1.54) is 0 Å². The number of benzene rings is 2. The molecule has 1 aliphatic heterocycles. The van der Waals surface area contributed by atoms with Crippen molar-refractivity contribution in [3.63, 3.8) is 0 Å². The van der Waals surface area contributed by atoms with Crippen LogP contribution in [-0.4, -0.2) is 29.3 Å². The van der Waals surface area contributed by atoms with Crippen LogP contribution in [0.25, 0.3) is 0 Å². The molecule has 4 nitrogen and oxygen atoms in total. The lowest BCUT2D eigenvalue weighted by Gasteiger charge is -2.24. The first-order valence-electron chi connectivity index (χ1n) is 8.19. The average Bonchev–Trinajstić information content (AvgIpc) is 3.05. The molecule has 0 bridgehead atoms. The van der Waals surface area contributed by atoms with Gasteiger partial charge in [0.1, 0.15) is 6.04 Å². The average molecular weight is 412 g/mol. The highest BCUT2D eigenvalue weighted by Crippen LogP contribution is 2.27. The highest BCUT2D eigenvalue weighted by Gasteiger charge is 2.35. The fourth-order valence-corrected chi connectivity index (χ4v) is 3.87. The highest BCUT2D eigenvalue weighted by atomic mass is 35.5. The largest absolute Gasteiger partial charge is 0.327 e. The first-order chi connectivity index (χ1) is 12.3. The normalized spacial score (nSPS) is 16.6. The number of hydrogen-bond acceptors (Lipinski definition) is 2. The van der Waals surface area contributed by atoms with E-state index >= 15 is 0 Å². The van der Waals surface area contributed by atoms with Gasteiger partial charge in [-0.2, -0.15) is 0 Å². The van der Waals surface area contributed by atoms with Crippen molar-refractivity contribution < 1.29 is 9.59 Å². The molecule has 1 N–H and O–H groups in total. The smallest absolute Gasteiger partial charge is 0.254 e. The molecule has 2 amide bonds. The van der Waals surface area contributed by atoms with Gasteiger partial charge in [-0.15, -0.1) is 0 Å². The Hall–Kier alpha value is -1.75. The monoisotopic (exact) mass is 410 g/mol. The quantitative estimate of drug-likeness (QED) is 0.755. The summed E-state index contributed by atoms with van der Waals surface area (Å²) in [5, 5.41) is 4.05. The van der Waals surface area contributed by atoms with Gasteiger partial charge >= 0.3 is 0 Å². The Morgan fingerprint density at radius 2 is 1.77 bits per heavy atom. The van der Waals surface area contributed by atoms with Crippen LogP contribution in [0.2, 0.25) is 15.1 Å². The maximum absolute atomic E-state index is 12.8. The summed E-state index contributed by atoms with van der Waals surface area (Å²) in [6, 6.07) is 9.52. The second-order valence-electron chi connectivity index (χ2n) is 6.29. The van der Waals surface area contributed by atoms with Crippen molar-refractivity contribution >= 4 is 52.3 Å². The number of likely N-dealkylation sites (tertiary alicyclic amines) is 1. The van der Waals surface area contributed by atoms with Crippen LogP contribution in [0.3, 0.4) is 0 Å². The molecule has 1 saturated heterocycles. The SMILES string of the molecule is Cc1ccc(NC(=O)C2CCCN2C(=O)c2cc(Cl)cc(Cl)c2)c(Cl)c1. The van der Waals surface area contributed by atoms with Crippen molar-refractivity contribution in [1.82, 2.24) is 4.90 Å². The number of hydrogen-bond donors (Lipinski definition) is 1. The van der Waals surface area contributed by atoms with Crippen LogP contribution in [0.1, 0.15) is 28.8 Å². The molecule has 0 saturated carbocycles. The summed E-state index contributed by atoms with van der Waals surface area (Å²) < 4.78 is 0. The minimum absolute atomic E-state index is 0.255. The van der Waals surface area contributed by atoms with Crippen LogP contribution < -0.4 is 5.32 Å². The summed E-state index contributed by atoms with van der Waals surface area (Å²) in [5.41, 5.74) is 1.91. The fourth-order valence-electron chi connectivity index (χ4n) is 3.06. The molecule has 1 heterocycles. The van der Waals surface area contributed by atoms with E-state index in [9.17, 15) is 9.59 Å². The second kappa shape index (κ2) is 7.87. The summed E-state index contributed by atoms with van der Waals surface area (Å²) >= 11 is 18.2. The highest BCUT2D eigenvalue weighted by molar-refractivity contribution is 6.35. The van der Waals surface area contributed by atoms with Crippen molar-refractivity contribution in [2.75, 3.05) is 11.9 Å². The summed E-state index contributed by atoms with van der Waals surface area (Å²) in [6.45, 7) is 2.42. The molecule has 1 unspecified atom stereocenters. The number of nitrogens with zero attached hydrogens (tertiary/aromatic N) is 1. The van der Waals surface area contributed by atoms with Gasteiger partial charge in [0.15, 0.2) is 0 Å². The summed E-state index contributed by atoms with van der Waals surface area (Å²) in [5.74, 6) is -0.517. The first-order valence-corrected chi connectivity index (χ1v) is 9.32. The van der Waals surface area contributed by atoms with Crippen LogP contribution in [0.4, 0.5) is 5.69 Å². The fraction of sp³-hybridized carbons (Fsp3) is 0.263. The van der Waals surface area contributed by atoms with E-state index in [4.69, 9.17) is 34.8 Å². The summed E-state index contributed by atoms with van der Waals surface area (Å²) in [4.78, 5) is 27.1. The molecule has 2 aromatic carbocycles. The van der Waals surface area contributed by atoms with Gasteiger partial charge in [-0.05, 0) is 55.7 Å². The van der Waals surface area contributed by atoms with E-state index in [0.717, 1.165) is 12.0 Å². The molecule has 1 aliphatic rings. The van der Waals surface area contributed by atoms with Crippen molar-refractivity contribution in [2.24, 2.45) is 0 Å². The molecular formula is C19H17Cl3N2O2. The van der Waals surface area contributed by atoms with E-state index in [2.05, 4.69) is 5.32 Å². The van der Waals surface area contributed by atoms with E-state index in [1.807, 2.05) is 13.0 Å². The van der Waals surface area contributed by atoms with E-state index in [1.54, 1.807) is 35.2 Å². The molecule has 0 aromatic heterocycles. The summed E-state index contributed by atoms with van der Waals surface area (Å²) in [7, 11) is 0. The van der Waals surface area contributed by atoms with Crippen LogP contribution in [0.15, 0.2) is 36.4 Å². The molecule has 0 radical (unpaired) electrons. The third-order valence-electron chi connectivity index (χ3n) is 4.31.